The van der Waals surface area contributed by atoms with E-state index in [4.69, 9.17) is 18.9 Å². The Labute approximate surface area is 260 Å². The summed E-state index contributed by atoms with van der Waals surface area (Å²) >= 11 is 0. The lowest BCUT2D eigenvalue weighted by molar-refractivity contribution is -0.348. The number of hydrogen-bond acceptors (Lipinski definition) is 15. The maximum atomic E-state index is 13.1. The van der Waals surface area contributed by atoms with E-state index in [0.29, 0.717) is 12.8 Å². The van der Waals surface area contributed by atoms with Crippen molar-refractivity contribution in [3.63, 3.8) is 0 Å². The van der Waals surface area contributed by atoms with Crippen molar-refractivity contribution in [2.45, 2.75) is 106 Å². The maximum absolute atomic E-state index is 13.1. The molecule has 0 aliphatic carbocycles. The van der Waals surface area contributed by atoms with E-state index in [1.54, 1.807) is 0 Å². The lowest BCUT2D eigenvalue weighted by atomic mass is 9.95. The Hall–Kier alpha value is -2.64. The number of aromatic hydroxyl groups is 2. The van der Waals surface area contributed by atoms with Crippen LogP contribution in [0.25, 0.3) is 0 Å². The molecule has 3 rings (SSSR count). The zero-order valence-electron chi connectivity index (χ0n) is 25.0. The van der Waals surface area contributed by atoms with Gasteiger partial charge in [-0.25, -0.2) is 0 Å². The van der Waals surface area contributed by atoms with Gasteiger partial charge in [0.25, 0.3) is 5.91 Å². The molecule has 1 aromatic rings. The number of ether oxygens (including phenoxy) is 5. The van der Waals surface area contributed by atoms with Gasteiger partial charge < -0.3 is 69.9 Å². The average molecular weight is 648 g/mol. The highest BCUT2D eigenvalue weighted by atomic mass is 16.7. The Morgan fingerprint density at radius 1 is 0.800 bits per heavy atom. The van der Waals surface area contributed by atoms with Crippen LogP contribution in [-0.2, 0) is 28.5 Å². The number of aliphatic hydroxyl groups is 6. The number of unbranched alkanes of at least 4 members (excludes halogenated alkanes) is 5. The summed E-state index contributed by atoms with van der Waals surface area (Å²) in [5, 5.41) is 83.7. The molecule has 2 aliphatic heterocycles. The van der Waals surface area contributed by atoms with E-state index in [9.17, 15) is 50.4 Å². The van der Waals surface area contributed by atoms with Crippen molar-refractivity contribution in [1.82, 2.24) is 5.32 Å². The van der Waals surface area contributed by atoms with Gasteiger partial charge in [-0.05, 0) is 31.0 Å². The molecular formula is C29H45NO15. The second-order valence-electron chi connectivity index (χ2n) is 11.0. The number of esters is 1. The smallest absolute Gasteiger partial charge is 0.305 e. The first-order chi connectivity index (χ1) is 21.5. The third-order valence-corrected chi connectivity index (χ3v) is 7.81. The highest BCUT2D eigenvalue weighted by molar-refractivity contribution is 5.95. The number of rotatable bonds is 16. The summed E-state index contributed by atoms with van der Waals surface area (Å²) < 4.78 is 27.5. The van der Waals surface area contributed by atoms with Crippen LogP contribution in [0.2, 0.25) is 0 Å². The van der Waals surface area contributed by atoms with E-state index >= 15 is 0 Å². The van der Waals surface area contributed by atoms with Gasteiger partial charge in [-0.15, -0.1) is 0 Å². The molecular weight excluding hydrogens is 602 g/mol. The minimum atomic E-state index is -1.81. The van der Waals surface area contributed by atoms with Crippen LogP contribution in [0.4, 0.5) is 0 Å². The van der Waals surface area contributed by atoms with E-state index < -0.39 is 92.0 Å². The third kappa shape index (κ3) is 9.92. The lowest BCUT2D eigenvalue weighted by Gasteiger charge is -2.47. The highest BCUT2D eigenvalue weighted by Crippen LogP contribution is 2.30. The summed E-state index contributed by atoms with van der Waals surface area (Å²) in [7, 11) is 1.35. The lowest BCUT2D eigenvalue weighted by Crippen LogP contribution is -2.67. The molecule has 2 heterocycles. The Bertz CT molecular complexity index is 1070. The fourth-order valence-corrected chi connectivity index (χ4v) is 5.15. The van der Waals surface area contributed by atoms with E-state index in [-0.39, 0.29) is 18.1 Å². The summed E-state index contributed by atoms with van der Waals surface area (Å²) in [5.74, 6) is -2.03. The van der Waals surface area contributed by atoms with E-state index in [1.165, 1.54) is 13.2 Å². The molecule has 7 unspecified atom stereocenters. The van der Waals surface area contributed by atoms with Gasteiger partial charge in [0, 0.05) is 18.6 Å². The molecule has 16 nitrogen and oxygen atoms in total. The van der Waals surface area contributed by atoms with Crippen molar-refractivity contribution >= 4 is 11.9 Å². The molecule has 2 saturated heterocycles. The molecule has 45 heavy (non-hydrogen) atoms. The molecule has 0 bridgehead atoms. The molecule has 16 heteroatoms. The minimum Gasteiger partial charge on any atom is -0.504 e. The van der Waals surface area contributed by atoms with Gasteiger partial charge in [-0.3, -0.25) is 9.59 Å². The number of hydrogen-bond donors (Lipinski definition) is 9. The second-order valence-corrected chi connectivity index (χ2v) is 11.0. The zero-order chi connectivity index (χ0) is 33.1. The van der Waals surface area contributed by atoms with Crippen LogP contribution in [0.5, 0.6) is 11.5 Å². The first-order valence-corrected chi connectivity index (χ1v) is 14.9. The minimum absolute atomic E-state index is 0.0702. The standard InChI is InChI=1S/C29H45NO15/c1-41-20(35)8-6-4-2-3-5-7-11-42-28-21(30-27(40)15-9-10-16(33)17(34)12-15)23(37)26(19(14-32)44-28)45-29-25(39)24(38)22(36)18(13-31)43-29/h9-10,12,18-19,21-26,28-29,31-34,36-39H,2-8,11,13-14H2,1H3,(H,30,40)/t18?,19?,21?,22-,23?,24?,25?,26+,28-,29?/m1/s1. The molecule has 0 saturated carbocycles. The topological polar surface area (TPSA) is 254 Å². The molecule has 0 spiro atoms. The number of phenols is 2. The molecule has 0 radical (unpaired) electrons. The molecule has 256 valence electrons. The van der Waals surface area contributed by atoms with Crippen LogP contribution >= 0.6 is 0 Å². The predicted octanol–water partition coefficient (Wildman–Crippen LogP) is -1.62. The number of methoxy groups -OCH3 is 1. The first kappa shape index (κ1) is 36.8. The molecule has 9 N–H and O–H groups in total. The van der Waals surface area contributed by atoms with Crippen molar-refractivity contribution in [2.24, 2.45) is 0 Å². The van der Waals surface area contributed by atoms with Crippen molar-refractivity contribution < 1.29 is 74.1 Å². The largest absolute Gasteiger partial charge is 0.504 e. The van der Waals surface area contributed by atoms with Gasteiger partial charge in [0.15, 0.2) is 24.1 Å². The van der Waals surface area contributed by atoms with Crippen LogP contribution in [0.3, 0.4) is 0 Å². The summed E-state index contributed by atoms with van der Waals surface area (Å²) in [6.07, 6.45) is -8.78. The van der Waals surface area contributed by atoms with Crippen LogP contribution in [0.15, 0.2) is 18.2 Å². The Morgan fingerprint density at radius 2 is 1.44 bits per heavy atom. The molecule has 0 aromatic heterocycles. The predicted molar refractivity (Wildman–Crippen MR) is 152 cm³/mol. The summed E-state index contributed by atoms with van der Waals surface area (Å²) in [6.45, 7) is -1.26. The quantitative estimate of drug-likeness (QED) is 0.0555. The summed E-state index contributed by atoms with van der Waals surface area (Å²) in [5.41, 5.74) is -0.0702. The van der Waals surface area contributed by atoms with Crippen molar-refractivity contribution in [1.29, 1.82) is 0 Å². The molecule has 2 aliphatic rings. The SMILES string of the molecule is COC(=O)CCCCCCCCO[C@@H]1OC(CO)[C@H](OC2OC(CO)[C@@H](O)C(O)C2O)C(O)C1NC(=O)c1ccc(O)c(O)c1. The molecule has 1 aromatic carbocycles. The van der Waals surface area contributed by atoms with Crippen molar-refractivity contribution in [2.75, 3.05) is 26.9 Å². The Kier molecular flexibility index (Phi) is 14.6. The number of amides is 1. The third-order valence-electron chi connectivity index (χ3n) is 7.81. The zero-order valence-corrected chi connectivity index (χ0v) is 25.0. The summed E-state index contributed by atoms with van der Waals surface area (Å²) in [4.78, 5) is 24.3. The second kappa shape index (κ2) is 17.9. The van der Waals surface area contributed by atoms with Crippen LogP contribution in [-0.4, -0.2) is 141 Å². The summed E-state index contributed by atoms with van der Waals surface area (Å²) in [6, 6.07) is 2.03. The van der Waals surface area contributed by atoms with Crippen LogP contribution in [0, 0.1) is 0 Å². The van der Waals surface area contributed by atoms with Gasteiger partial charge in [-0.2, -0.15) is 0 Å². The van der Waals surface area contributed by atoms with Crippen molar-refractivity contribution in [3.8, 4) is 11.5 Å². The number of nitrogens with one attached hydrogen (secondary N) is 1. The molecule has 10 atom stereocenters. The van der Waals surface area contributed by atoms with Crippen LogP contribution < -0.4 is 5.32 Å². The molecule has 2 fully saturated rings. The number of benzene rings is 1. The number of carbonyl (C=O) groups excluding carboxylic acids is 2. The van der Waals surface area contributed by atoms with E-state index in [1.807, 2.05) is 0 Å². The Morgan fingerprint density at radius 3 is 2.09 bits per heavy atom. The Balaban J connectivity index is 1.68. The van der Waals surface area contributed by atoms with Gasteiger partial charge in [-0.1, -0.05) is 25.7 Å². The van der Waals surface area contributed by atoms with Crippen molar-refractivity contribution in [3.05, 3.63) is 23.8 Å². The molecule has 1 amide bonds. The monoisotopic (exact) mass is 647 g/mol. The van der Waals surface area contributed by atoms with Gasteiger partial charge in [0.05, 0.1) is 20.3 Å². The van der Waals surface area contributed by atoms with Crippen LogP contribution in [0.1, 0.15) is 55.3 Å². The van der Waals surface area contributed by atoms with Gasteiger partial charge in [0.2, 0.25) is 0 Å². The number of aliphatic hydroxyl groups excluding tert-OH is 6. The highest BCUT2D eigenvalue weighted by Gasteiger charge is 2.51. The van der Waals surface area contributed by atoms with E-state index in [2.05, 4.69) is 10.1 Å². The number of carbonyl (C=O) groups is 2. The van der Waals surface area contributed by atoms with Gasteiger partial charge >= 0.3 is 5.97 Å². The maximum Gasteiger partial charge on any atom is 0.305 e. The fraction of sp³-hybridized carbons (Fsp3) is 0.724. The first-order valence-electron chi connectivity index (χ1n) is 14.9. The fourth-order valence-electron chi connectivity index (χ4n) is 5.15. The van der Waals surface area contributed by atoms with E-state index in [0.717, 1.165) is 44.2 Å². The normalized spacial score (nSPS) is 31.8. The average Bonchev–Trinajstić information content (AvgIpc) is 3.03. The van der Waals surface area contributed by atoms with Gasteiger partial charge in [0.1, 0.15) is 48.8 Å². The number of phenolic OH excluding ortho intramolecular Hbond substituents is 2.